The van der Waals surface area contributed by atoms with Gasteiger partial charge < -0.3 is 15.0 Å². The van der Waals surface area contributed by atoms with E-state index >= 15 is 0 Å². The van der Waals surface area contributed by atoms with Gasteiger partial charge in [0.25, 0.3) is 5.91 Å². The van der Waals surface area contributed by atoms with Gasteiger partial charge in [0.15, 0.2) is 0 Å². The van der Waals surface area contributed by atoms with Gasteiger partial charge in [-0.05, 0) is 80.6 Å². The zero-order valence-electron chi connectivity index (χ0n) is 23.4. The van der Waals surface area contributed by atoms with Crippen molar-refractivity contribution in [2.75, 3.05) is 14.2 Å². The van der Waals surface area contributed by atoms with E-state index in [-0.39, 0.29) is 38.5 Å². The summed E-state index contributed by atoms with van der Waals surface area (Å²) in [6.45, 7) is 6.26. The van der Waals surface area contributed by atoms with Gasteiger partial charge in [-0.15, -0.1) is 11.3 Å². The molecule has 5 rings (SSSR count). The highest BCUT2D eigenvalue weighted by Gasteiger charge is 2.33. The molecule has 1 N–H and O–H groups in total. The van der Waals surface area contributed by atoms with Crippen molar-refractivity contribution in [3.05, 3.63) is 93.8 Å². The van der Waals surface area contributed by atoms with Crippen molar-refractivity contribution in [1.82, 2.24) is 10.2 Å². The summed E-state index contributed by atoms with van der Waals surface area (Å²) in [6, 6.07) is 16.6. The van der Waals surface area contributed by atoms with Crippen LogP contribution in [0.3, 0.4) is 0 Å². The Morgan fingerprint density at radius 2 is 1.71 bits per heavy atom. The second-order valence-electron chi connectivity index (χ2n) is 10.6. The summed E-state index contributed by atoms with van der Waals surface area (Å²) in [5.74, 6) is -0.912. The van der Waals surface area contributed by atoms with Crippen LogP contribution in [0.5, 0.6) is 5.75 Å². The Hall–Kier alpha value is -3.26. The first-order valence-electron chi connectivity index (χ1n) is 13.7. The van der Waals surface area contributed by atoms with Crippen LogP contribution in [-0.4, -0.2) is 37.0 Å². The van der Waals surface area contributed by atoms with Crippen molar-refractivity contribution in [2.24, 2.45) is 0 Å². The van der Waals surface area contributed by atoms with Crippen LogP contribution in [-0.2, 0) is 6.54 Å². The quantitative estimate of drug-likeness (QED) is 0.222. The molecular weight excluding hydrogens is 562 g/mol. The first-order chi connectivity index (χ1) is 19.7. The van der Waals surface area contributed by atoms with Gasteiger partial charge in [-0.1, -0.05) is 54.1 Å². The standard InChI is InChI=1S/C33H33ClF2N2O2S/c1-19(2)20-5-7-21(8-6-20)22-9-16-28(40-4)23(17-22)18-38(25-12-10-24(37-3)11-13-25)33(39)32-30(34)29-26(35)14-15-27(36)31(29)41-32/h5-9,14-17,24-25,37H,1,10-13,18H2,2-4H3. The number of hydrogen-bond acceptors (Lipinski definition) is 4. The maximum Gasteiger partial charge on any atom is 0.266 e. The highest BCUT2D eigenvalue weighted by Crippen LogP contribution is 2.40. The minimum Gasteiger partial charge on any atom is -0.496 e. The first-order valence-corrected chi connectivity index (χ1v) is 14.9. The van der Waals surface area contributed by atoms with E-state index in [2.05, 4.69) is 24.0 Å². The van der Waals surface area contributed by atoms with Gasteiger partial charge in [-0.25, -0.2) is 8.78 Å². The van der Waals surface area contributed by atoms with E-state index in [0.717, 1.165) is 77.0 Å². The minimum atomic E-state index is -0.644. The van der Waals surface area contributed by atoms with Crippen LogP contribution in [0.1, 0.15) is 53.4 Å². The topological polar surface area (TPSA) is 41.6 Å². The van der Waals surface area contributed by atoms with E-state index in [1.165, 1.54) is 0 Å². The Morgan fingerprint density at radius 1 is 1.05 bits per heavy atom. The molecular formula is C33H33ClF2N2O2S. The first kappa shape index (κ1) is 29.2. The summed E-state index contributed by atoms with van der Waals surface area (Å²) >= 11 is 7.48. The number of benzene rings is 3. The number of halogens is 3. The fraction of sp³-hybridized carbons (Fsp3) is 0.303. The molecule has 0 spiro atoms. The monoisotopic (exact) mass is 594 g/mol. The van der Waals surface area contributed by atoms with Gasteiger partial charge in [0.1, 0.15) is 22.3 Å². The average molecular weight is 595 g/mol. The van der Waals surface area contributed by atoms with E-state index in [0.29, 0.717) is 11.8 Å². The fourth-order valence-corrected chi connectivity index (χ4v) is 7.13. The molecule has 214 valence electrons. The molecule has 0 unspecified atom stereocenters. The van der Waals surface area contributed by atoms with Gasteiger partial charge in [-0.2, -0.15) is 0 Å². The van der Waals surface area contributed by atoms with E-state index in [1.54, 1.807) is 7.11 Å². The van der Waals surface area contributed by atoms with Gasteiger partial charge in [0.2, 0.25) is 0 Å². The lowest BCUT2D eigenvalue weighted by molar-refractivity contribution is 0.0604. The van der Waals surface area contributed by atoms with E-state index in [1.807, 2.05) is 49.2 Å². The zero-order chi connectivity index (χ0) is 29.3. The second kappa shape index (κ2) is 12.3. The van der Waals surface area contributed by atoms with Crippen molar-refractivity contribution >= 4 is 44.5 Å². The number of methoxy groups -OCH3 is 1. The maximum atomic E-state index is 14.7. The SMILES string of the molecule is C=C(C)c1ccc(-c2ccc(OC)c(CN(C(=O)c3sc4c(F)ccc(F)c4c3Cl)C3CCC(NC)CC3)c2)cc1. The molecule has 8 heteroatoms. The number of hydrogen-bond donors (Lipinski definition) is 1. The van der Waals surface area contributed by atoms with Gasteiger partial charge in [0.05, 0.1) is 22.2 Å². The molecule has 41 heavy (non-hydrogen) atoms. The number of ether oxygens (including phenoxy) is 1. The predicted molar refractivity (Wildman–Crippen MR) is 165 cm³/mol. The van der Waals surface area contributed by atoms with Crippen LogP contribution in [0.15, 0.2) is 61.2 Å². The van der Waals surface area contributed by atoms with Crippen molar-refractivity contribution < 1.29 is 18.3 Å². The Labute approximate surface area is 248 Å². The number of fused-ring (bicyclic) bond motifs is 1. The predicted octanol–water partition coefficient (Wildman–Crippen LogP) is 8.71. The summed E-state index contributed by atoms with van der Waals surface area (Å²) in [5.41, 5.74) is 4.93. The van der Waals surface area contributed by atoms with Crippen LogP contribution in [0, 0.1) is 11.6 Å². The highest BCUT2D eigenvalue weighted by atomic mass is 35.5. The van der Waals surface area contributed by atoms with Gasteiger partial charge >= 0.3 is 0 Å². The summed E-state index contributed by atoms with van der Waals surface area (Å²) < 4.78 is 35.0. The molecule has 4 aromatic rings. The molecule has 1 heterocycles. The van der Waals surface area contributed by atoms with Crippen LogP contribution in [0.25, 0.3) is 26.8 Å². The third-order valence-electron chi connectivity index (χ3n) is 8.01. The van der Waals surface area contributed by atoms with Crippen molar-refractivity contribution in [1.29, 1.82) is 0 Å². The number of allylic oxidation sites excluding steroid dienone is 1. The van der Waals surface area contributed by atoms with Crippen LogP contribution < -0.4 is 10.1 Å². The molecule has 1 aliphatic carbocycles. The number of rotatable bonds is 8. The number of thiophene rings is 1. The summed E-state index contributed by atoms with van der Waals surface area (Å²) in [7, 11) is 3.56. The number of carbonyl (C=O) groups is 1. The van der Waals surface area contributed by atoms with Crippen LogP contribution in [0.2, 0.25) is 5.02 Å². The number of carbonyl (C=O) groups excluding carboxylic acids is 1. The molecule has 1 aliphatic rings. The molecule has 3 aromatic carbocycles. The molecule has 0 saturated heterocycles. The lowest BCUT2D eigenvalue weighted by Gasteiger charge is -2.37. The Morgan fingerprint density at radius 3 is 2.32 bits per heavy atom. The average Bonchev–Trinajstić information content (AvgIpc) is 3.35. The summed E-state index contributed by atoms with van der Waals surface area (Å²) in [4.78, 5) is 16.2. The van der Waals surface area contributed by atoms with Crippen molar-refractivity contribution in [3.63, 3.8) is 0 Å². The third kappa shape index (κ3) is 5.89. The van der Waals surface area contributed by atoms with Crippen molar-refractivity contribution in [3.8, 4) is 16.9 Å². The minimum absolute atomic E-state index is 0.0424. The normalized spacial score (nSPS) is 17.0. The van der Waals surface area contributed by atoms with Crippen LogP contribution in [0.4, 0.5) is 8.78 Å². The largest absolute Gasteiger partial charge is 0.496 e. The molecule has 0 bridgehead atoms. The maximum absolute atomic E-state index is 14.7. The Kier molecular flexibility index (Phi) is 8.78. The lowest BCUT2D eigenvalue weighted by Crippen LogP contribution is -2.44. The summed E-state index contributed by atoms with van der Waals surface area (Å²) in [6.07, 6.45) is 3.43. The smallest absolute Gasteiger partial charge is 0.266 e. The van der Waals surface area contributed by atoms with Crippen LogP contribution >= 0.6 is 22.9 Å². The summed E-state index contributed by atoms with van der Waals surface area (Å²) in [5, 5.41) is 3.25. The molecule has 1 fully saturated rings. The third-order valence-corrected chi connectivity index (χ3v) is 9.69. The zero-order valence-corrected chi connectivity index (χ0v) is 25.0. The second-order valence-corrected chi connectivity index (χ2v) is 12.0. The van der Waals surface area contributed by atoms with Gasteiger partial charge in [-0.3, -0.25) is 4.79 Å². The Bertz CT molecular complexity index is 1590. The van der Waals surface area contributed by atoms with Gasteiger partial charge in [0, 0.05) is 24.2 Å². The van der Waals surface area contributed by atoms with E-state index < -0.39 is 11.6 Å². The number of nitrogens with zero attached hydrogens (tertiary/aromatic N) is 1. The van der Waals surface area contributed by atoms with E-state index in [4.69, 9.17) is 16.3 Å². The molecule has 0 radical (unpaired) electrons. The lowest BCUT2D eigenvalue weighted by atomic mass is 9.89. The van der Waals surface area contributed by atoms with Crippen molar-refractivity contribution in [2.45, 2.75) is 51.2 Å². The molecule has 1 amide bonds. The molecule has 1 saturated carbocycles. The van der Waals surface area contributed by atoms with E-state index in [9.17, 15) is 13.6 Å². The fourth-order valence-electron chi connectivity index (χ4n) is 5.62. The number of nitrogens with one attached hydrogen (secondary N) is 1. The molecule has 4 nitrogen and oxygen atoms in total. The molecule has 0 atom stereocenters. The number of amides is 1. The highest BCUT2D eigenvalue weighted by molar-refractivity contribution is 7.21. The molecule has 1 aromatic heterocycles. The molecule has 0 aliphatic heterocycles. The Balaban J connectivity index is 1.54.